The molecule has 0 unspecified atom stereocenters. The maximum Gasteiger partial charge on any atom is 0.328 e. The molecule has 26 heavy (non-hydrogen) atoms. The van der Waals surface area contributed by atoms with Crippen LogP contribution in [0.2, 0.25) is 0 Å². The summed E-state index contributed by atoms with van der Waals surface area (Å²) < 4.78 is 16.3. The molecule has 0 aliphatic carbocycles. The van der Waals surface area contributed by atoms with Gasteiger partial charge in [0.15, 0.2) is 0 Å². The van der Waals surface area contributed by atoms with Crippen LogP contribution in [-0.4, -0.2) is 68.8 Å². The minimum Gasteiger partial charge on any atom is -0.478 e. The first-order chi connectivity index (χ1) is 12.4. The Balaban J connectivity index is 1.97. The van der Waals surface area contributed by atoms with Gasteiger partial charge in [-0.15, -0.1) is 0 Å². The summed E-state index contributed by atoms with van der Waals surface area (Å²) in [7, 11) is 0. The zero-order valence-electron chi connectivity index (χ0n) is 13.4. The number of benzene rings is 1. The molecule has 1 saturated heterocycles. The second-order valence-corrected chi connectivity index (χ2v) is 5.80. The second kappa shape index (κ2) is 7.44. The van der Waals surface area contributed by atoms with Crippen molar-refractivity contribution in [2.24, 2.45) is 0 Å². The maximum absolute atomic E-state index is 10.8. The molecule has 3 rings (SSSR count). The van der Waals surface area contributed by atoms with Crippen molar-refractivity contribution in [3.63, 3.8) is 0 Å². The second-order valence-electron chi connectivity index (χ2n) is 5.80. The number of aliphatic hydroxyl groups is 4. The van der Waals surface area contributed by atoms with Gasteiger partial charge >= 0.3 is 5.97 Å². The van der Waals surface area contributed by atoms with E-state index in [0.717, 1.165) is 6.08 Å². The van der Waals surface area contributed by atoms with E-state index in [1.165, 1.54) is 12.3 Å². The van der Waals surface area contributed by atoms with Gasteiger partial charge in [-0.1, -0.05) is 0 Å². The molecule has 140 valence electrons. The fourth-order valence-electron chi connectivity index (χ4n) is 2.74. The summed E-state index contributed by atoms with van der Waals surface area (Å²) in [4.78, 5) is 10.8. The van der Waals surface area contributed by atoms with Crippen LogP contribution in [0.4, 0.5) is 0 Å². The molecule has 0 bridgehead atoms. The van der Waals surface area contributed by atoms with E-state index in [1.807, 2.05) is 0 Å². The Bertz CT molecular complexity index is 810. The number of fused-ring (bicyclic) bond motifs is 1. The Labute approximate surface area is 147 Å². The summed E-state index contributed by atoms with van der Waals surface area (Å²) in [5.74, 6) is -0.992. The van der Waals surface area contributed by atoms with Crippen LogP contribution in [0.5, 0.6) is 5.75 Å². The Hall–Kier alpha value is -2.43. The first-order valence-corrected chi connectivity index (χ1v) is 7.80. The number of carboxylic acids is 1. The molecule has 9 heteroatoms. The van der Waals surface area contributed by atoms with Crippen LogP contribution in [0, 0.1) is 0 Å². The van der Waals surface area contributed by atoms with Crippen molar-refractivity contribution in [3.05, 3.63) is 36.1 Å². The van der Waals surface area contributed by atoms with Crippen LogP contribution >= 0.6 is 0 Å². The third-order valence-electron chi connectivity index (χ3n) is 4.10. The molecule has 1 aromatic heterocycles. The Morgan fingerprint density at radius 1 is 1.15 bits per heavy atom. The molecule has 1 fully saturated rings. The van der Waals surface area contributed by atoms with E-state index in [9.17, 15) is 25.2 Å². The maximum atomic E-state index is 10.8. The SMILES string of the molecule is O=C(O)/C=C\c1ccc2occc2c1O[C@H]1O[C@@H](CO)[C@H](O)[C@@H](O)[C@@H]1O. The van der Waals surface area contributed by atoms with E-state index < -0.39 is 43.3 Å². The average Bonchev–Trinajstić information content (AvgIpc) is 3.10. The normalized spacial score (nSPS) is 29.3. The van der Waals surface area contributed by atoms with E-state index in [-0.39, 0.29) is 5.75 Å². The molecule has 0 saturated carbocycles. The first kappa shape index (κ1) is 18.4. The minimum absolute atomic E-state index is 0.165. The van der Waals surface area contributed by atoms with Crippen molar-refractivity contribution in [2.75, 3.05) is 6.61 Å². The highest BCUT2D eigenvalue weighted by atomic mass is 16.7. The number of carboxylic acid groups (broad SMARTS) is 1. The van der Waals surface area contributed by atoms with Gasteiger partial charge in [0.2, 0.25) is 6.29 Å². The molecule has 2 heterocycles. The molecule has 2 aromatic rings. The molecular weight excluding hydrogens is 348 g/mol. The van der Waals surface area contributed by atoms with Crippen LogP contribution in [0.3, 0.4) is 0 Å². The summed E-state index contributed by atoms with van der Waals surface area (Å²) in [5.41, 5.74) is 0.829. The molecule has 5 N–H and O–H groups in total. The van der Waals surface area contributed by atoms with Crippen molar-refractivity contribution in [3.8, 4) is 5.75 Å². The fourth-order valence-corrected chi connectivity index (χ4v) is 2.74. The monoisotopic (exact) mass is 366 g/mol. The fraction of sp³-hybridized carbons (Fsp3) is 0.353. The summed E-state index contributed by atoms with van der Waals surface area (Å²) >= 11 is 0. The molecule has 1 aliphatic rings. The van der Waals surface area contributed by atoms with Gasteiger partial charge in [0.25, 0.3) is 0 Å². The van der Waals surface area contributed by atoms with E-state index in [0.29, 0.717) is 16.5 Å². The van der Waals surface area contributed by atoms with Crippen molar-refractivity contribution in [2.45, 2.75) is 30.7 Å². The lowest BCUT2D eigenvalue weighted by molar-refractivity contribution is -0.277. The van der Waals surface area contributed by atoms with Crippen LogP contribution < -0.4 is 4.74 Å². The summed E-state index contributed by atoms with van der Waals surface area (Å²) in [6.07, 6.45) is -3.59. The Morgan fingerprint density at radius 2 is 1.92 bits per heavy atom. The van der Waals surface area contributed by atoms with Gasteiger partial charge in [-0.2, -0.15) is 0 Å². The lowest BCUT2D eigenvalue weighted by Gasteiger charge is -2.39. The van der Waals surface area contributed by atoms with Crippen LogP contribution in [-0.2, 0) is 9.53 Å². The summed E-state index contributed by atoms with van der Waals surface area (Å²) in [6.45, 7) is -0.591. The summed E-state index contributed by atoms with van der Waals surface area (Å²) in [5, 5.41) is 48.5. The third kappa shape index (κ3) is 3.43. The topological polar surface area (TPSA) is 150 Å². The van der Waals surface area contributed by atoms with E-state index in [1.54, 1.807) is 18.2 Å². The van der Waals surface area contributed by atoms with Crippen molar-refractivity contribution >= 4 is 23.0 Å². The van der Waals surface area contributed by atoms with Gasteiger partial charge in [-0.25, -0.2) is 4.79 Å². The molecule has 0 spiro atoms. The Morgan fingerprint density at radius 3 is 2.62 bits per heavy atom. The zero-order valence-corrected chi connectivity index (χ0v) is 13.4. The standard InChI is InChI=1S/C17H18O9/c18-7-11-13(21)14(22)15(23)17(25-11)26-16-8(2-4-12(19)20)1-3-10-9(16)5-6-24-10/h1-6,11,13-15,17-18,21-23H,7H2,(H,19,20)/b4-2-/t11-,13-,14+,15-,17+/m0/s1. The largest absolute Gasteiger partial charge is 0.478 e. The van der Waals surface area contributed by atoms with Gasteiger partial charge < -0.3 is 39.4 Å². The summed E-state index contributed by atoms with van der Waals surface area (Å²) in [6, 6.07) is 4.77. The van der Waals surface area contributed by atoms with Gasteiger partial charge in [0.1, 0.15) is 35.7 Å². The van der Waals surface area contributed by atoms with Crippen molar-refractivity contribution in [1.29, 1.82) is 0 Å². The van der Waals surface area contributed by atoms with Crippen LogP contribution in [0.15, 0.2) is 35.0 Å². The van der Waals surface area contributed by atoms with Gasteiger partial charge in [-0.05, 0) is 24.3 Å². The first-order valence-electron chi connectivity index (χ1n) is 7.80. The van der Waals surface area contributed by atoms with E-state index in [2.05, 4.69) is 0 Å². The zero-order chi connectivity index (χ0) is 18.8. The number of furan rings is 1. The predicted octanol–water partition coefficient (Wildman–Crippen LogP) is -0.291. The van der Waals surface area contributed by atoms with Crippen LogP contribution in [0.25, 0.3) is 17.0 Å². The van der Waals surface area contributed by atoms with Gasteiger partial charge in [-0.3, -0.25) is 0 Å². The molecule has 1 aliphatic heterocycles. The smallest absolute Gasteiger partial charge is 0.328 e. The van der Waals surface area contributed by atoms with Crippen molar-refractivity contribution in [1.82, 2.24) is 0 Å². The molecule has 9 nitrogen and oxygen atoms in total. The highest BCUT2D eigenvalue weighted by Gasteiger charge is 2.45. The highest BCUT2D eigenvalue weighted by Crippen LogP contribution is 2.34. The Kier molecular flexibility index (Phi) is 5.25. The minimum atomic E-state index is -1.59. The number of carbonyl (C=O) groups is 1. The molecule has 0 amide bonds. The predicted molar refractivity (Wildman–Crippen MR) is 87.3 cm³/mol. The van der Waals surface area contributed by atoms with Gasteiger partial charge in [0.05, 0.1) is 18.3 Å². The molecule has 0 radical (unpaired) electrons. The number of ether oxygens (including phenoxy) is 2. The quantitative estimate of drug-likeness (QED) is 0.450. The highest BCUT2D eigenvalue weighted by molar-refractivity contribution is 5.91. The lowest BCUT2D eigenvalue weighted by Crippen LogP contribution is -2.60. The average molecular weight is 366 g/mol. The number of aliphatic carboxylic acids is 1. The number of rotatable bonds is 5. The number of aliphatic hydroxyl groups excluding tert-OH is 4. The molecular formula is C17H18O9. The third-order valence-corrected chi connectivity index (χ3v) is 4.10. The number of hydrogen-bond donors (Lipinski definition) is 5. The van der Waals surface area contributed by atoms with E-state index in [4.69, 9.17) is 19.0 Å². The van der Waals surface area contributed by atoms with Crippen LogP contribution in [0.1, 0.15) is 5.56 Å². The number of hydrogen-bond acceptors (Lipinski definition) is 8. The molecule has 1 aromatic carbocycles. The van der Waals surface area contributed by atoms with E-state index >= 15 is 0 Å². The lowest BCUT2D eigenvalue weighted by atomic mass is 9.99. The van der Waals surface area contributed by atoms with Gasteiger partial charge in [0, 0.05) is 11.6 Å². The molecule has 5 atom stereocenters. The van der Waals surface area contributed by atoms with Crippen molar-refractivity contribution < 1.29 is 44.2 Å².